The lowest BCUT2D eigenvalue weighted by atomic mass is 10.1. The molecule has 7 rings (SSSR count). The third kappa shape index (κ3) is 6.15. The average Bonchev–Trinajstić information content (AvgIpc) is 3.83. The zero-order valence-corrected chi connectivity index (χ0v) is 26.0. The van der Waals surface area contributed by atoms with Gasteiger partial charge in [0.1, 0.15) is 44.8 Å². The molecule has 0 fully saturated rings. The van der Waals surface area contributed by atoms with E-state index >= 15 is 0 Å². The molecule has 44 heavy (non-hydrogen) atoms. The number of thiazole rings is 2. The molecule has 14 heteroatoms. The van der Waals surface area contributed by atoms with Crippen molar-refractivity contribution < 1.29 is 29.3 Å². The molecule has 222 valence electrons. The number of fused-ring (bicyclic) bond motifs is 2. The Morgan fingerprint density at radius 1 is 0.705 bits per heavy atom. The van der Waals surface area contributed by atoms with Crippen molar-refractivity contribution in [3.63, 3.8) is 0 Å². The summed E-state index contributed by atoms with van der Waals surface area (Å²) in [7, 11) is 0. The van der Waals surface area contributed by atoms with Crippen molar-refractivity contribution in [2.24, 2.45) is 9.98 Å². The number of rotatable bonds is 10. The highest BCUT2D eigenvalue weighted by atomic mass is 32.2. The number of ether oxygens (including phenoxy) is 2. The summed E-state index contributed by atoms with van der Waals surface area (Å²) in [4.78, 5) is 40.3. The quantitative estimate of drug-likeness (QED) is 0.184. The Balaban J connectivity index is 0.975. The Morgan fingerprint density at radius 2 is 1.18 bits per heavy atom. The minimum absolute atomic E-state index is 0.383. The van der Waals surface area contributed by atoms with Gasteiger partial charge in [-0.1, -0.05) is 18.2 Å². The van der Waals surface area contributed by atoms with E-state index in [1.165, 1.54) is 46.2 Å². The third-order valence-electron chi connectivity index (χ3n) is 6.76. The van der Waals surface area contributed by atoms with E-state index in [0.29, 0.717) is 34.8 Å². The summed E-state index contributed by atoms with van der Waals surface area (Å²) >= 11 is 5.80. The molecule has 2 aromatic heterocycles. The summed E-state index contributed by atoms with van der Waals surface area (Å²) in [5.74, 6) is 0.457. The fourth-order valence-corrected chi connectivity index (χ4v) is 8.73. The SMILES string of the molecule is O=C(O)C1CSC(c2nc3ccc(OCc4cccc(COc5ccc6nc(C7=NC(C(=O)O)CS7)sc6c5)c4)cc3s2)=N1. The molecule has 10 nitrogen and oxygen atoms in total. The van der Waals surface area contributed by atoms with Crippen LogP contribution in [-0.2, 0) is 22.8 Å². The van der Waals surface area contributed by atoms with Gasteiger partial charge < -0.3 is 19.7 Å². The van der Waals surface area contributed by atoms with Crippen LogP contribution in [0.3, 0.4) is 0 Å². The van der Waals surface area contributed by atoms with Gasteiger partial charge in [0.2, 0.25) is 0 Å². The van der Waals surface area contributed by atoms with Gasteiger partial charge >= 0.3 is 11.9 Å². The van der Waals surface area contributed by atoms with Crippen molar-refractivity contribution >= 4 is 88.7 Å². The van der Waals surface area contributed by atoms with Gasteiger partial charge in [-0.2, -0.15) is 0 Å². The first-order valence-corrected chi connectivity index (χ1v) is 17.0. The maximum Gasteiger partial charge on any atom is 0.329 e. The predicted molar refractivity (Wildman–Crippen MR) is 175 cm³/mol. The van der Waals surface area contributed by atoms with Crippen LogP contribution < -0.4 is 9.47 Å². The van der Waals surface area contributed by atoms with Crippen LogP contribution in [-0.4, -0.2) is 65.8 Å². The summed E-state index contributed by atoms with van der Waals surface area (Å²) in [6.07, 6.45) is 0. The monoisotopic (exact) mass is 662 g/mol. The smallest absolute Gasteiger partial charge is 0.329 e. The van der Waals surface area contributed by atoms with E-state index in [1.807, 2.05) is 54.6 Å². The molecule has 2 aliphatic rings. The van der Waals surface area contributed by atoms with Gasteiger partial charge in [-0.25, -0.2) is 19.6 Å². The lowest BCUT2D eigenvalue weighted by Crippen LogP contribution is -2.17. The van der Waals surface area contributed by atoms with E-state index < -0.39 is 24.0 Å². The van der Waals surface area contributed by atoms with Gasteiger partial charge in [0, 0.05) is 11.5 Å². The molecule has 0 aliphatic carbocycles. The first-order valence-electron chi connectivity index (χ1n) is 13.4. The fourth-order valence-electron chi connectivity index (χ4n) is 4.55. The van der Waals surface area contributed by atoms with Crippen LogP contribution in [0.1, 0.15) is 21.1 Å². The number of aliphatic carboxylic acids is 2. The van der Waals surface area contributed by atoms with E-state index in [9.17, 15) is 19.8 Å². The number of hydrogen-bond donors (Lipinski definition) is 2. The minimum atomic E-state index is -0.916. The number of benzene rings is 3. The molecule has 2 atom stereocenters. The highest BCUT2D eigenvalue weighted by Gasteiger charge is 2.28. The summed E-state index contributed by atoms with van der Waals surface area (Å²) in [5.41, 5.74) is 3.66. The molecule has 0 saturated heterocycles. The maximum atomic E-state index is 11.2. The Morgan fingerprint density at radius 3 is 1.61 bits per heavy atom. The average molecular weight is 663 g/mol. The van der Waals surface area contributed by atoms with Gasteiger partial charge in [-0.05, 0) is 53.6 Å². The van der Waals surface area contributed by atoms with Gasteiger partial charge in [-0.15, -0.1) is 46.2 Å². The Labute approximate surface area is 266 Å². The molecule has 4 heterocycles. The number of hydrogen-bond acceptors (Lipinski definition) is 12. The van der Waals surface area contributed by atoms with Gasteiger partial charge in [0.15, 0.2) is 12.1 Å². The molecule has 0 spiro atoms. The molecule has 3 aromatic carbocycles. The van der Waals surface area contributed by atoms with Gasteiger partial charge in [0.25, 0.3) is 0 Å². The first kappa shape index (κ1) is 28.8. The van der Waals surface area contributed by atoms with Crippen molar-refractivity contribution in [2.45, 2.75) is 25.3 Å². The molecule has 0 saturated carbocycles. The molecule has 2 N–H and O–H groups in total. The van der Waals surface area contributed by atoms with Crippen molar-refractivity contribution in [2.75, 3.05) is 11.5 Å². The topological polar surface area (TPSA) is 144 Å². The number of aliphatic imine (C=N–C) groups is 2. The Hall–Kier alpha value is -3.98. The van der Waals surface area contributed by atoms with Gasteiger partial charge in [-0.3, -0.25) is 9.98 Å². The van der Waals surface area contributed by atoms with E-state index in [0.717, 1.165) is 53.1 Å². The predicted octanol–water partition coefficient (Wildman–Crippen LogP) is 5.96. The van der Waals surface area contributed by atoms with Crippen LogP contribution in [0.15, 0.2) is 70.6 Å². The van der Waals surface area contributed by atoms with Crippen LogP contribution in [0.4, 0.5) is 0 Å². The number of carbonyl (C=O) groups is 2. The number of carboxylic acids is 2. The van der Waals surface area contributed by atoms with Crippen LogP contribution in [0, 0.1) is 0 Å². The zero-order valence-electron chi connectivity index (χ0n) is 22.7. The summed E-state index contributed by atoms with van der Waals surface area (Å²) in [6, 6.07) is 18.1. The standard InChI is InChI=1S/C30H22N4O6S4/c35-29(36)21-13-41-25(33-21)27-31-19-6-4-17(9-23(19)43-27)39-11-15-2-1-3-16(8-15)12-40-18-5-7-20-24(10-18)44-28(32-20)26-34-22(14-42-26)30(37)38/h1-10,21-22H,11-14H2,(H,35,36)(H,37,38). The number of thioether (sulfide) groups is 2. The normalized spacial score (nSPS) is 18.0. The fraction of sp³-hybridized carbons (Fsp3) is 0.200. The molecule has 0 radical (unpaired) electrons. The van der Waals surface area contributed by atoms with E-state index in [2.05, 4.69) is 26.0 Å². The molecule has 0 bridgehead atoms. The third-order valence-corrected chi connectivity index (χ3v) is 11.2. The Kier molecular flexibility index (Phi) is 7.97. The first-order chi connectivity index (χ1) is 21.4. The lowest BCUT2D eigenvalue weighted by molar-refractivity contribution is -0.138. The maximum absolute atomic E-state index is 11.2. The van der Waals surface area contributed by atoms with Gasteiger partial charge in [0.05, 0.1) is 20.4 Å². The second-order valence-corrected chi connectivity index (χ2v) is 14.0. The van der Waals surface area contributed by atoms with Crippen LogP contribution in [0.5, 0.6) is 11.5 Å². The van der Waals surface area contributed by atoms with Crippen LogP contribution in [0.2, 0.25) is 0 Å². The highest BCUT2D eigenvalue weighted by molar-refractivity contribution is 8.15. The van der Waals surface area contributed by atoms with Crippen LogP contribution in [0.25, 0.3) is 20.4 Å². The number of nitrogens with zero attached hydrogens (tertiary/aromatic N) is 4. The number of aromatic nitrogens is 2. The number of carboxylic acid groups (broad SMARTS) is 2. The lowest BCUT2D eigenvalue weighted by Gasteiger charge is -2.09. The van der Waals surface area contributed by atoms with Crippen molar-refractivity contribution in [1.82, 2.24) is 9.97 Å². The molecule has 0 amide bonds. The summed E-state index contributed by atoms with van der Waals surface area (Å²) in [5, 5.41) is 21.2. The Bertz CT molecular complexity index is 1850. The van der Waals surface area contributed by atoms with Crippen molar-refractivity contribution in [3.8, 4) is 11.5 Å². The molecule has 2 unspecified atom stereocenters. The highest BCUT2D eigenvalue weighted by Crippen LogP contribution is 2.33. The second-order valence-electron chi connectivity index (χ2n) is 9.89. The largest absolute Gasteiger partial charge is 0.489 e. The molecular formula is C30H22N4O6S4. The van der Waals surface area contributed by atoms with Crippen molar-refractivity contribution in [3.05, 3.63) is 81.8 Å². The second kappa shape index (κ2) is 12.2. The minimum Gasteiger partial charge on any atom is -0.489 e. The van der Waals surface area contributed by atoms with E-state index in [-0.39, 0.29) is 0 Å². The molecular weight excluding hydrogens is 641 g/mol. The molecule has 2 aliphatic heterocycles. The summed E-state index contributed by atoms with van der Waals surface area (Å²) < 4.78 is 14.1. The van der Waals surface area contributed by atoms with E-state index in [1.54, 1.807) is 0 Å². The zero-order chi connectivity index (χ0) is 30.2. The van der Waals surface area contributed by atoms with Crippen LogP contribution >= 0.6 is 46.2 Å². The summed E-state index contributed by atoms with van der Waals surface area (Å²) in [6.45, 7) is 0.766. The van der Waals surface area contributed by atoms with E-state index in [4.69, 9.17) is 9.47 Å². The molecule has 5 aromatic rings. The van der Waals surface area contributed by atoms with Crippen molar-refractivity contribution in [1.29, 1.82) is 0 Å².